The van der Waals surface area contributed by atoms with Gasteiger partial charge in [0.2, 0.25) is 0 Å². The fourth-order valence-corrected chi connectivity index (χ4v) is 5.19. The Kier molecular flexibility index (Phi) is 6.05. The van der Waals surface area contributed by atoms with Crippen LogP contribution in [0.2, 0.25) is 0 Å². The van der Waals surface area contributed by atoms with Crippen molar-refractivity contribution in [2.75, 3.05) is 38.7 Å². The molecule has 9 nitrogen and oxygen atoms in total. The number of piperidine rings is 1. The van der Waals surface area contributed by atoms with Gasteiger partial charge in [0.25, 0.3) is 15.9 Å². The third-order valence-corrected chi connectivity index (χ3v) is 6.83. The van der Waals surface area contributed by atoms with Crippen molar-refractivity contribution in [3.63, 3.8) is 0 Å². The molecule has 32 heavy (non-hydrogen) atoms. The molecular weight excluding hydrogens is 430 g/mol. The highest BCUT2D eigenvalue weighted by Gasteiger charge is 2.28. The van der Waals surface area contributed by atoms with Gasteiger partial charge in [-0.1, -0.05) is 12.1 Å². The lowest BCUT2D eigenvalue weighted by atomic mass is 9.98. The first-order valence-electron chi connectivity index (χ1n) is 10.5. The molecular formula is C22H27N5O4S. The van der Waals surface area contributed by atoms with Crippen molar-refractivity contribution in [1.82, 2.24) is 9.88 Å². The summed E-state index contributed by atoms with van der Waals surface area (Å²) in [6.07, 6.45) is 3.48. The molecule has 2 aromatic rings. The van der Waals surface area contributed by atoms with E-state index in [1.165, 1.54) is 0 Å². The molecule has 1 amide bonds. The van der Waals surface area contributed by atoms with Crippen molar-refractivity contribution in [3.05, 3.63) is 53.2 Å². The highest BCUT2D eigenvalue weighted by Crippen LogP contribution is 2.29. The molecule has 170 valence electrons. The van der Waals surface area contributed by atoms with Gasteiger partial charge in [-0.25, -0.2) is 13.4 Å². The maximum atomic E-state index is 13.0. The van der Waals surface area contributed by atoms with Crippen LogP contribution in [-0.2, 0) is 15.8 Å². The Bertz CT molecular complexity index is 1160. The molecule has 0 aliphatic carbocycles. The second-order valence-electron chi connectivity index (χ2n) is 8.36. The van der Waals surface area contributed by atoms with Gasteiger partial charge in [-0.2, -0.15) is 0 Å². The summed E-state index contributed by atoms with van der Waals surface area (Å²) in [4.78, 5) is 21.0. The first-order valence-corrected chi connectivity index (χ1v) is 12.1. The quantitative estimate of drug-likeness (QED) is 0.725. The number of benzene rings is 1. The second-order valence-corrected chi connectivity index (χ2v) is 10.00. The van der Waals surface area contributed by atoms with Gasteiger partial charge < -0.3 is 20.3 Å². The van der Waals surface area contributed by atoms with Gasteiger partial charge in [0.05, 0.1) is 17.9 Å². The van der Waals surface area contributed by atoms with Gasteiger partial charge in [-0.3, -0.25) is 4.79 Å². The van der Waals surface area contributed by atoms with Crippen LogP contribution in [0.3, 0.4) is 0 Å². The zero-order chi connectivity index (χ0) is 22.9. The van der Waals surface area contributed by atoms with E-state index in [0.717, 1.165) is 18.7 Å². The molecule has 1 aromatic heterocycles. The van der Waals surface area contributed by atoms with E-state index >= 15 is 0 Å². The lowest BCUT2D eigenvalue weighted by Crippen LogP contribution is -2.41. The maximum Gasteiger partial charge on any atom is 0.259 e. The normalized spacial score (nSPS) is 19.6. The number of nitrogens with two attached hydrogens (primary N) is 1. The Morgan fingerprint density at radius 2 is 2.12 bits per heavy atom. The van der Waals surface area contributed by atoms with Crippen LogP contribution in [0.5, 0.6) is 5.75 Å². The second kappa shape index (κ2) is 8.78. The summed E-state index contributed by atoms with van der Waals surface area (Å²) in [7, 11) is 0.184. The van der Waals surface area contributed by atoms with Crippen LogP contribution in [0.15, 0.2) is 40.9 Å². The van der Waals surface area contributed by atoms with Gasteiger partial charge in [-0.15, -0.1) is 4.40 Å². The number of amidine groups is 1. The number of hydrogen-bond donors (Lipinski definition) is 1. The molecule has 10 heteroatoms. The van der Waals surface area contributed by atoms with Crippen LogP contribution >= 0.6 is 0 Å². The first kappa shape index (κ1) is 22.1. The average molecular weight is 458 g/mol. The van der Waals surface area contributed by atoms with Gasteiger partial charge in [-0.05, 0) is 36.6 Å². The van der Waals surface area contributed by atoms with E-state index < -0.39 is 10.0 Å². The summed E-state index contributed by atoms with van der Waals surface area (Å²) < 4.78 is 33.4. The number of nitrogens with zero attached hydrogens (tertiary/aromatic N) is 4. The van der Waals surface area contributed by atoms with E-state index in [2.05, 4.69) is 9.38 Å². The number of hydrogen-bond acceptors (Lipinski definition) is 7. The Labute approximate surface area is 188 Å². The highest BCUT2D eigenvalue weighted by atomic mass is 32.2. The third-order valence-electron chi connectivity index (χ3n) is 5.68. The zero-order valence-corrected chi connectivity index (χ0v) is 19.0. The van der Waals surface area contributed by atoms with E-state index in [1.54, 1.807) is 36.5 Å². The molecule has 0 saturated carbocycles. The fourth-order valence-electron chi connectivity index (χ4n) is 4.10. The molecule has 1 atom stereocenters. The van der Waals surface area contributed by atoms with Crippen molar-refractivity contribution in [3.8, 4) is 5.75 Å². The van der Waals surface area contributed by atoms with E-state index in [1.807, 2.05) is 23.9 Å². The summed E-state index contributed by atoms with van der Waals surface area (Å²) in [6, 6.07) is 8.78. The van der Waals surface area contributed by atoms with Gasteiger partial charge in [0.15, 0.2) is 0 Å². The monoisotopic (exact) mass is 457 g/mol. The number of likely N-dealkylation sites (tertiary alicyclic amines) is 1. The molecule has 2 aliphatic heterocycles. The number of ether oxygens (including phenoxy) is 1. The van der Waals surface area contributed by atoms with Crippen LogP contribution in [0.4, 0.5) is 5.82 Å². The number of carbonyl (C=O) groups excluding carboxylic acids is 1. The lowest BCUT2D eigenvalue weighted by Gasteiger charge is -2.33. The number of sulfonamides is 1. The summed E-state index contributed by atoms with van der Waals surface area (Å²) in [6.45, 7) is 1.69. The summed E-state index contributed by atoms with van der Waals surface area (Å²) in [5.41, 5.74) is 7.67. The van der Waals surface area contributed by atoms with Crippen LogP contribution in [0.25, 0.3) is 0 Å². The number of amides is 1. The molecule has 2 N–H and O–H groups in total. The minimum Gasteiger partial charge on any atom is -0.492 e. The molecule has 0 bridgehead atoms. The predicted molar refractivity (Wildman–Crippen MR) is 122 cm³/mol. The fraction of sp³-hybridized carbons (Fsp3) is 0.409. The molecule has 2 aliphatic rings. The molecule has 1 fully saturated rings. The summed E-state index contributed by atoms with van der Waals surface area (Å²) >= 11 is 0. The number of anilines is 1. The van der Waals surface area contributed by atoms with Crippen LogP contribution in [-0.4, -0.2) is 63.8 Å². The molecule has 3 heterocycles. The predicted octanol–water partition coefficient (Wildman–Crippen LogP) is 1.63. The molecule has 1 saturated heterocycles. The number of carbonyl (C=O) groups is 1. The highest BCUT2D eigenvalue weighted by molar-refractivity contribution is 7.89. The Hall–Kier alpha value is -3.14. The largest absolute Gasteiger partial charge is 0.492 e. The smallest absolute Gasteiger partial charge is 0.259 e. The first-order chi connectivity index (χ1) is 15.2. The van der Waals surface area contributed by atoms with E-state index in [9.17, 15) is 13.2 Å². The van der Waals surface area contributed by atoms with Crippen molar-refractivity contribution in [2.24, 2.45) is 16.0 Å². The molecule has 0 unspecified atom stereocenters. The lowest BCUT2D eigenvalue weighted by molar-refractivity contribution is 0.0633. The molecule has 0 radical (unpaired) electrons. The van der Waals surface area contributed by atoms with Crippen molar-refractivity contribution < 1.29 is 17.9 Å². The van der Waals surface area contributed by atoms with Crippen LogP contribution in [0.1, 0.15) is 34.3 Å². The average Bonchev–Trinajstić information content (AvgIpc) is 2.76. The minimum atomic E-state index is -3.59. The van der Waals surface area contributed by atoms with Crippen molar-refractivity contribution in [1.29, 1.82) is 0 Å². The topological polar surface area (TPSA) is 118 Å². The van der Waals surface area contributed by atoms with Gasteiger partial charge in [0, 0.05) is 44.9 Å². The van der Waals surface area contributed by atoms with E-state index in [0.29, 0.717) is 42.1 Å². The molecule has 4 rings (SSSR count). The van der Waals surface area contributed by atoms with Crippen molar-refractivity contribution >= 4 is 27.6 Å². The molecule has 0 spiro atoms. The molecule has 1 aromatic carbocycles. The van der Waals surface area contributed by atoms with Gasteiger partial charge in [0.1, 0.15) is 17.4 Å². The standard InChI is InChI=1S/C22H27N5O4S/c1-26(2)19-11-16(8-9-24-19)22(28)27-10-4-5-15(12-27)13-31-18-7-3-6-17-14-32(29,30)25-21(23)20(17)18/h3,6-9,11,15H,4-5,10,12-14H2,1-2H3,(H2,23,25)/t15-/m0/s1. The van der Waals surface area contributed by atoms with Crippen molar-refractivity contribution in [2.45, 2.75) is 18.6 Å². The third kappa shape index (κ3) is 4.69. The summed E-state index contributed by atoms with van der Waals surface area (Å²) in [5.74, 6) is 1.17. The number of pyridine rings is 1. The van der Waals surface area contributed by atoms with Gasteiger partial charge >= 0.3 is 0 Å². The zero-order valence-electron chi connectivity index (χ0n) is 18.2. The number of aromatic nitrogens is 1. The van der Waals surface area contributed by atoms with E-state index in [-0.39, 0.29) is 23.4 Å². The number of fused-ring (bicyclic) bond motifs is 1. The maximum absolute atomic E-state index is 13.0. The van der Waals surface area contributed by atoms with E-state index in [4.69, 9.17) is 10.5 Å². The Morgan fingerprint density at radius 3 is 2.91 bits per heavy atom. The van der Waals surface area contributed by atoms with Crippen LogP contribution < -0.4 is 15.4 Å². The minimum absolute atomic E-state index is 0.0149. The Morgan fingerprint density at radius 1 is 1.31 bits per heavy atom. The van der Waals surface area contributed by atoms with Crippen LogP contribution in [0, 0.1) is 5.92 Å². The number of rotatable bonds is 5. The Balaban J connectivity index is 1.44. The SMILES string of the molecule is CN(C)c1cc(C(=O)N2CCC[C@H](COc3cccc4c3C(N)=NS(=O)(=O)C4)C2)ccn1. The summed E-state index contributed by atoms with van der Waals surface area (Å²) in [5, 5.41) is 0.